The Balaban J connectivity index is 0.000000116. The zero-order valence-electron chi connectivity index (χ0n) is 60.0. The molecule has 1 heterocycles. The minimum absolute atomic E-state index is 0.0255. The molecule has 0 aliphatic heterocycles. The van der Waals surface area contributed by atoms with Crippen molar-refractivity contribution in [3.05, 3.63) is 193 Å². The van der Waals surface area contributed by atoms with E-state index in [1.807, 2.05) is 84.9 Å². The van der Waals surface area contributed by atoms with Gasteiger partial charge in [0.25, 0.3) is 0 Å². The number of benzene rings is 8. The van der Waals surface area contributed by atoms with Gasteiger partial charge in [0, 0.05) is 88.8 Å². The molecule has 9 nitrogen and oxygen atoms in total. The van der Waals surface area contributed by atoms with E-state index in [4.69, 9.17) is 10.7 Å². The summed E-state index contributed by atoms with van der Waals surface area (Å²) < 4.78 is 3.02. The third-order valence-electron chi connectivity index (χ3n) is 27.1. The highest BCUT2D eigenvalue weighted by Gasteiger charge is 2.64. The van der Waals surface area contributed by atoms with E-state index in [1.54, 1.807) is 5.56 Å². The summed E-state index contributed by atoms with van der Waals surface area (Å²) in [5, 5.41) is 16.4. The average molecular weight is 1520 g/mol. The van der Waals surface area contributed by atoms with E-state index < -0.39 is 0 Å². The number of fused-ring (bicyclic) bond motifs is 18. The molecule has 12 heteroatoms. The molecule has 9 aromatic rings. The number of carbonyl (C=O) groups excluding carboxylic acids is 5. The number of ketones is 1. The van der Waals surface area contributed by atoms with Crippen LogP contribution in [0.4, 0.5) is 17.1 Å². The van der Waals surface area contributed by atoms with Crippen LogP contribution in [0.25, 0.3) is 59.6 Å². The average Bonchev–Trinajstić information content (AvgIpc) is 1.55. The van der Waals surface area contributed by atoms with Gasteiger partial charge in [0.05, 0.1) is 22.6 Å². The molecule has 99 heavy (non-hydrogen) atoms. The van der Waals surface area contributed by atoms with Gasteiger partial charge in [-0.1, -0.05) is 232 Å². The smallest absolute Gasteiger partial charge is 0.221 e. The summed E-state index contributed by atoms with van der Waals surface area (Å²) in [4.78, 5) is 62.5. The van der Waals surface area contributed by atoms with Crippen molar-refractivity contribution in [1.29, 1.82) is 0 Å². The number of aldehydes is 2. The second-order valence-electron chi connectivity index (χ2n) is 32.4. The summed E-state index contributed by atoms with van der Waals surface area (Å²) in [5.74, 6) is 2.48. The molecule has 4 N–H and O–H groups in total. The van der Waals surface area contributed by atoms with Gasteiger partial charge in [-0.3, -0.25) is 29.0 Å². The number of Topliss-reactive ketones (excluding diaryl/α,β-unsaturated/α-hetero) is 1. The summed E-state index contributed by atoms with van der Waals surface area (Å²) in [6.07, 6.45) is 14.7. The predicted molar refractivity (Wildman–Crippen MR) is 421 cm³/mol. The van der Waals surface area contributed by atoms with E-state index in [-0.39, 0.29) is 55.6 Å². The first-order valence-electron chi connectivity index (χ1n) is 35.3. The largest absolute Gasteiger partial charge is 0.397 e. The van der Waals surface area contributed by atoms with E-state index >= 15 is 0 Å². The van der Waals surface area contributed by atoms with E-state index in [9.17, 15) is 24.0 Å². The van der Waals surface area contributed by atoms with Gasteiger partial charge in [-0.05, 0) is 195 Å². The van der Waals surface area contributed by atoms with E-state index in [0.717, 1.165) is 118 Å². The minimum atomic E-state index is -0.0941. The van der Waals surface area contributed by atoms with Crippen molar-refractivity contribution in [2.24, 2.45) is 55.7 Å². The molecule has 17 rings (SSSR count). The van der Waals surface area contributed by atoms with E-state index in [1.165, 1.54) is 78.6 Å². The first-order chi connectivity index (χ1) is 46.7. The summed E-state index contributed by atoms with van der Waals surface area (Å²) in [7, 11) is 0. The van der Waals surface area contributed by atoms with Crippen LogP contribution in [0.1, 0.15) is 177 Å². The number of allylic oxidation sites excluding steroid dienone is 4. The van der Waals surface area contributed by atoms with Crippen molar-refractivity contribution in [2.45, 2.75) is 166 Å². The molecule has 0 saturated heterocycles. The highest BCUT2D eigenvalue weighted by atomic mass is 79.9. The molecule has 8 atom stereocenters. The summed E-state index contributed by atoms with van der Waals surface area (Å²) in [6, 6.07) is 49.4. The number of carbonyl (C=O) groups is 5. The van der Waals surface area contributed by atoms with Crippen LogP contribution in [-0.2, 0) is 29.4 Å². The highest BCUT2D eigenvalue weighted by Crippen LogP contribution is 2.72. The van der Waals surface area contributed by atoms with Crippen molar-refractivity contribution >= 4 is 155 Å². The molecule has 5 fully saturated rings. The molecule has 8 aromatic carbocycles. The lowest BCUT2D eigenvalue weighted by molar-refractivity contribution is -0.128. The fraction of sp³-hybridized carbons (Fsp3) is 0.402. The lowest BCUT2D eigenvalue weighted by Crippen LogP contribution is -2.32. The normalized spacial score (nSPS) is 26.7. The Labute approximate surface area is 610 Å². The maximum absolute atomic E-state index is 12.1. The van der Waals surface area contributed by atoms with Crippen LogP contribution >= 0.6 is 47.8 Å². The second kappa shape index (κ2) is 26.4. The topological polar surface area (TPSA) is 148 Å². The fourth-order valence-corrected chi connectivity index (χ4v) is 21.3. The molecule has 5 saturated carbocycles. The maximum atomic E-state index is 12.1. The second-order valence-corrected chi connectivity index (χ2v) is 34.9. The van der Waals surface area contributed by atoms with Gasteiger partial charge >= 0.3 is 0 Å². The van der Waals surface area contributed by atoms with Crippen LogP contribution in [-0.4, -0.2) is 35.2 Å². The van der Waals surface area contributed by atoms with E-state index in [0.29, 0.717) is 29.0 Å². The lowest BCUT2D eigenvalue weighted by atomic mass is 9.66. The molecule has 0 spiro atoms. The number of anilines is 3. The van der Waals surface area contributed by atoms with Crippen molar-refractivity contribution in [2.75, 3.05) is 16.4 Å². The Kier molecular flexibility index (Phi) is 19.1. The number of nitrogens with two attached hydrogens (primary N) is 1. The lowest BCUT2D eigenvalue weighted by Gasteiger charge is -2.38. The first-order valence-corrected chi connectivity index (χ1v) is 37.7. The number of nitrogens with zero attached hydrogens (tertiary/aromatic N) is 1. The number of halogens is 3. The van der Waals surface area contributed by atoms with Gasteiger partial charge in [-0.2, -0.15) is 0 Å². The number of pyridine rings is 1. The fourth-order valence-electron chi connectivity index (χ4n) is 19.5. The highest BCUT2D eigenvalue weighted by molar-refractivity contribution is 9.11. The molecule has 1 aromatic heterocycles. The third-order valence-corrected chi connectivity index (χ3v) is 29.7. The molecular formula is C87H95Br3N4O5. The maximum Gasteiger partial charge on any atom is 0.221 e. The minimum Gasteiger partial charge on any atom is -0.397 e. The number of nitrogen functional groups attached to an aromatic ring is 1. The van der Waals surface area contributed by atoms with Crippen LogP contribution in [0.3, 0.4) is 0 Å². The Morgan fingerprint density at radius 1 is 0.475 bits per heavy atom. The number of amides is 2. The number of aromatic nitrogens is 1. The van der Waals surface area contributed by atoms with Crippen molar-refractivity contribution in [1.82, 2.24) is 4.98 Å². The van der Waals surface area contributed by atoms with Gasteiger partial charge in [-0.15, -0.1) is 0 Å². The van der Waals surface area contributed by atoms with Crippen LogP contribution in [0.15, 0.2) is 176 Å². The molecule has 0 radical (unpaired) electrons. The molecule has 2 amide bonds. The Morgan fingerprint density at radius 3 is 1.43 bits per heavy atom. The number of rotatable bonds is 5. The monoisotopic (exact) mass is 1510 g/mol. The van der Waals surface area contributed by atoms with Gasteiger partial charge in [0.15, 0.2) is 0 Å². The van der Waals surface area contributed by atoms with Crippen molar-refractivity contribution in [3.63, 3.8) is 0 Å². The van der Waals surface area contributed by atoms with Gasteiger partial charge in [0.1, 0.15) is 18.4 Å². The van der Waals surface area contributed by atoms with Gasteiger partial charge in [-0.25, -0.2) is 0 Å². The van der Waals surface area contributed by atoms with Crippen LogP contribution < -0.4 is 16.4 Å². The third kappa shape index (κ3) is 11.5. The molecule has 0 unspecified atom stereocenters. The Bertz CT molecular complexity index is 4870. The SMILES string of the molecule is CC(=O)Nc1c(Br)ccc2ccccc12.CC(=O)Nc1c(C2=C(C=O)[C@H]3CC[C@]2(C)C3(C)C)ccc2ccccc12.CC1(C)[C@@H]2CC[C@@]1(C)C(=O)C2.CC1(C)[C@@H]2CC[C@@]1(C)C(Br)=C2C=O.CC1(C)[C@@H]2CC[C@@]1(C)c1c2cnc2c1ccc1ccccc12.Nc1c(Br)ccc2ccccc12. The van der Waals surface area contributed by atoms with Gasteiger partial charge in [0.2, 0.25) is 11.8 Å². The first kappa shape index (κ1) is 71.7. The predicted octanol–water partition coefficient (Wildman–Crippen LogP) is 23.2. The van der Waals surface area contributed by atoms with Crippen LogP contribution in [0, 0.1) is 55.7 Å². The molecule has 8 aliphatic rings. The zero-order chi connectivity index (χ0) is 71.3. The zero-order valence-corrected chi connectivity index (χ0v) is 64.7. The summed E-state index contributed by atoms with van der Waals surface area (Å²) in [5.41, 5.74) is 18.1. The van der Waals surface area contributed by atoms with Gasteiger partial charge < -0.3 is 16.4 Å². The van der Waals surface area contributed by atoms with E-state index in [2.05, 4.69) is 208 Å². The van der Waals surface area contributed by atoms with Crippen LogP contribution in [0.5, 0.6) is 0 Å². The number of hydrogen-bond acceptors (Lipinski definition) is 7. The Hall–Kier alpha value is -7.12. The quantitative estimate of drug-likeness (QED) is 0.0883. The number of hydrogen-bond donors (Lipinski definition) is 3. The molecule has 8 aliphatic carbocycles. The van der Waals surface area contributed by atoms with Crippen molar-refractivity contribution < 1.29 is 24.0 Å². The summed E-state index contributed by atoms with van der Waals surface area (Å²) >= 11 is 10.4. The Morgan fingerprint density at radius 2 is 0.919 bits per heavy atom. The molecular weight excluding hydrogens is 1420 g/mol. The summed E-state index contributed by atoms with van der Waals surface area (Å²) in [6.45, 7) is 30.8. The van der Waals surface area contributed by atoms with Crippen molar-refractivity contribution in [3.8, 4) is 0 Å². The van der Waals surface area contributed by atoms with Crippen LogP contribution in [0.2, 0.25) is 0 Å². The number of nitrogens with one attached hydrogen (secondary N) is 2. The standard InChI is InChI=1S/C23H25NO2.C21H21N.C12H10BrNO.C11H15BrO.C10H8BrN.C10H16O/c1-14(26)24-21-16-8-6-5-7-15(16)9-10-17(21)20-18(13-25)19-11-12-23(20,4)22(19,2)3;1-20(2)17-10-11-21(20,3)18-15-9-8-13-6-4-5-7-14(13)19(15)22-12-16(17)18;1-8(15)14-12-10-5-3-2-4-9(10)6-7-11(12)13;1-10(2)8-4-5-11(10,3)9(12)7(8)6-13;11-9-6-5-7-3-1-2-4-8(7)10(9)12;1-9(2)7-4-5-10(9,3)8(11)6-7/h5-10,13,19H,11-12H2,1-4H3,(H,24,26);4-9,12,17H,10-11H2,1-3H3;2-7H,1H3,(H,14,15);6,8H,4-5H2,1-3H3;1-6H,12H2;7H,4-6H2,1-3H3/t19-,23+;17-,21+;;8-,11+;;7-,10+/m11.1.1/s1. The molecule has 8 bridgehead atoms. The molecule has 514 valence electrons.